The minimum atomic E-state index is -2.11. The van der Waals surface area contributed by atoms with E-state index in [9.17, 15) is 14.7 Å². The van der Waals surface area contributed by atoms with E-state index in [0.717, 1.165) is 0 Å². The Labute approximate surface area is 103 Å². The molecule has 17 heavy (non-hydrogen) atoms. The summed E-state index contributed by atoms with van der Waals surface area (Å²) in [5.41, 5.74) is 0.419. The Balaban J connectivity index is 3.16. The van der Waals surface area contributed by atoms with Crippen molar-refractivity contribution < 1.29 is 14.7 Å². The summed E-state index contributed by atoms with van der Waals surface area (Å²) in [7, 11) is -2.11. The van der Waals surface area contributed by atoms with E-state index >= 15 is 0 Å². The van der Waals surface area contributed by atoms with Crippen LogP contribution in [0, 0.1) is 0 Å². The number of allylic oxidation sites excluding steroid dienone is 1. The molecular formula is C12H21NO3Si. The molecule has 1 fully saturated rings. The molecule has 4 nitrogen and oxygen atoms in total. The van der Waals surface area contributed by atoms with Crippen LogP contribution in [0.25, 0.3) is 0 Å². The van der Waals surface area contributed by atoms with Crippen molar-refractivity contribution in [1.29, 1.82) is 0 Å². The molecule has 1 aliphatic rings. The highest BCUT2D eigenvalue weighted by Crippen LogP contribution is 2.44. The SMILES string of the molecule is C/C=C1/C(=O)N([Si](C)(C)C(C)(C)C)C1C(=O)O. The Bertz CT molecular complexity index is 393. The number of aliphatic carboxylic acids is 1. The first-order chi connectivity index (χ1) is 7.55. The molecule has 1 unspecified atom stereocenters. The second-order valence-corrected chi connectivity index (χ2v) is 11.1. The molecule has 1 rings (SSSR count). The lowest BCUT2D eigenvalue weighted by Gasteiger charge is -2.54. The second kappa shape index (κ2) is 3.98. The number of carbonyl (C=O) groups is 2. The van der Waals surface area contributed by atoms with Crippen molar-refractivity contribution in [3.63, 3.8) is 0 Å². The minimum Gasteiger partial charge on any atom is -0.479 e. The fourth-order valence-corrected chi connectivity index (χ4v) is 4.16. The number of carbonyl (C=O) groups excluding carboxylic acids is 1. The summed E-state index contributed by atoms with van der Waals surface area (Å²) < 4.78 is 1.62. The summed E-state index contributed by atoms with van der Waals surface area (Å²) in [6.45, 7) is 12.0. The third-order valence-corrected chi connectivity index (χ3v) is 9.34. The van der Waals surface area contributed by atoms with Gasteiger partial charge in [0, 0.05) is 5.57 Å². The molecule has 1 amide bonds. The van der Waals surface area contributed by atoms with Gasteiger partial charge in [0.15, 0.2) is 14.3 Å². The average molecular weight is 255 g/mol. The van der Waals surface area contributed by atoms with Crippen LogP contribution in [-0.2, 0) is 9.59 Å². The lowest BCUT2D eigenvalue weighted by Crippen LogP contribution is -2.71. The van der Waals surface area contributed by atoms with Crippen molar-refractivity contribution in [2.45, 2.75) is 51.9 Å². The Kier molecular flexibility index (Phi) is 3.27. The highest BCUT2D eigenvalue weighted by molar-refractivity contribution is 6.80. The fraction of sp³-hybridized carbons (Fsp3) is 0.667. The topological polar surface area (TPSA) is 57.6 Å². The predicted molar refractivity (Wildman–Crippen MR) is 69.2 cm³/mol. The summed E-state index contributed by atoms with van der Waals surface area (Å²) in [4.78, 5) is 23.3. The maximum atomic E-state index is 12.0. The standard InChI is InChI=1S/C12H21NO3Si/c1-7-8-9(11(15)16)13(10(8)14)17(5,6)12(2,3)4/h7,9H,1-6H3,(H,15,16)/b8-7+. The monoisotopic (exact) mass is 255 g/mol. The first-order valence-electron chi connectivity index (χ1n) is 5.78. The first-order valence-corrected chi connectivity index (χ1v) is 8.73. The van der Waals surface area contributed by atoms with Crippen LogP contribution in [-0.4, -0.2) is 35.8 Å². The van der Waals surface area contributed by atoms with Gasteiger partial charge in [-0.25, -0.2) is 4.79 Å². The van der Waals surface area contributed by atoms with E-state index in [-0.39, 0.29) is 10.9 Å². The molecule has 0 bridgehead atoms. The lowest BCUT2D eigenvalue weighted by molar-refractivity contribution is -0.150. The summed E-state index contributed by atoms with van der Waals surface area (Å²) in [6, 6.07) is -0.742. The van der Waals surface area contributed by atoms with Crippen LogP contribution in [0.2, 0.25) is 18.1 Å². The van der Waals surface area contributed by atoms with E-state index in [4.69, 9.17) is 0 Å². The van der Waals surface area contributed by atoms with Crippen molar-refractivity contribution >= 4 is 20.1 Å². The number of carboxylic acid groups (broad SMARTS) is 1. The van der Waals surface area contributed by atoms with Gasteiger partial charge in [0.2, 0.25) is 5.91 Å². The molecule has 0 aromatic heterocycles. The molecule has 0 saturated carbocycles. The predicted octanol–water partition coefficient (Wildman–Crippen LogP) is 2.23. The zero-order chi connectivity index (χ0) is 13.6. The molecule has 0 aromatic carbocycles. The summed E-state index contributed by atoms with van der Waals surface area (Å²) in [6.07, 6.45) is 1.62. The number of hydrogen-bond donors (Lipinski definition) is 1. The summed E-state index contributed by atoms with van der Waals surface area (Å²) in [5.74, 6) is -1.03. The molecule has 1 N–H and O–H groups in total. The number of β-lactam (4-membered cyclic amide) rings is 1. The Hall–Kier alpha value is -1.10. The fourth-order valence-electron chi connectivity index (χ4n) is 1.91. The number of hydrogen-bond acceptors (Lipinski definition) is 2. The molecule has 96 valence electrons. The van der Waals surface area contributed by atoms with Crippen molar-refractivity contribution in [2.24, 2.45) is 0 Å². The Morgan fingerprint density at radius 1 is 1.41 bits per heavy atom. The maximum absolute atomic E-state index is 12.0. The van der Waals surface area contributed by atoms with Gasteiger partial charge in [0.1, 0.15) is 0 Å². The smallest absolute Gasteiger partial charge is 0.330 e. The van der Waals surface area contributed by atoms with Crippen LogP contribution in [0.5, 0.6) is 0 Å². The summed E-state index contributed by atoms with van der Waals surface area (Å²) in [5, 5.41) is 9.19. The van der Waals surface area contributed by atoms with Gasteiger partial charge in [0.05, 0.1) is 0 Å². The van der Waals surface area contributed by atoms with Gasteiger partial charge in [-0.15, -0.1) is 0 Å². The normalized spacial score (nSPS) is 23.9. The third-order valence-electron chi connectivity index (χ3n) is 4.00. The second-order valence-electron chi connectivity index (χ2n) is 5.97. The molecule has 0 aliphatic carbocycles. The summed E-state index contributed by atoms with van der Waals surface area (Å²) >= 11 is 0. The van der Waals surface area contributed by atoms with Crippen molar-refractivity contribution in [3.05, 3.63) is 11.6 Å². The van der Waals surface area contributed by atoms with Crippen molar-refractivity contribution in [2.75, 3.05) is 0 Å². The van der Waals surface area contributed by atoms with Gasteiger partial charge in [-0.05, 0) is 12.0 Å². The molecule has 0 spiro atoms. The molecule has 5 heteroatoms. The van der Waals surface area contributed by atoms with Crippen LogP contribution < -0.4 is 0 Å². The molecule has 1 saturated heterocycles. The van der Waals surface area contributed by atoms with Gasteiger partial charge in [-0.3, -0.25) is 4.79 Å². The molecule has 0 radical (unpaired) electrons. The van der Waals surface area contributed by atoms with Gasteiger partial charge in [-0.1, -0.05) is 39.9 Å². The zero-order valence-corrected chi connectivity index (χ0v) is 12.4. The third kappa shape index (κ3) is 1.92. The Morgan fingerprint density at radius 2 is 1.88 bits per heavy atom. The van der Waals surface area contributed by atoms with E-state index in [1.807, 2.05) is 13.1 Å². The van der Waals surface area contributed by atoms with E-state index in [2.05, 4.69) is 20.8 Å². The van der Waals surface area contributed by atoms with E-state index in [1.165, 1.54) is 0 Å². The van der Waals surface area contributed by atoms with Gasteiger partial charge >= 0.3 is 5.97 Å². The van der Waals surface area contributed by atoms with Crippen LogP contribution in [0.1, 0.15) is 27.7 Å². The van der Waals surface area contributed by atoms with E-state index in [0.29, 0.717) is 5.57 Å². The van der Waals surface area contributed by atoms with Crippen LogP contribution >= 0.6 is 0 Å². The molecule has 0 aromatic rings. The first kappa shape index (κ1) is 14.0. The van der Waals surface area contributed by atoms with Gasteiger partial charge in [0.25, 0.3) is 0 Å². The Morgan fingerprint density at radius 3 is 2.18 bits per heavy atom. The highest BCUT2D eigenvalue weighted by atomic mass is 28.3. The number of carboxylic acids is 1. The quantitative estimate of drug-likeness (QED) is 0.467. The number of nitrogens with zero attached hydrogens (tertiary/aromatic N) is 1. The minimum absolute atomic E-state index is 0.0460. The highest BCUT2D eigenvalue weighted by Gasteiger charge is 2.56. The van der Waals surface area contributed by atoms with Crippen LogP contribution in [0.4, 0.5) is 0 Å². The van der Waals surface area contributed by atoms with E-state index in [1.54, 1.807) is 17.6 Å². The lowest BCUT2D eigenvalue weighted by atomic mass is 9.98. The van der Waals surface area contributed by atoms with Crippen LogP contribution in [0.3, 0.4) is 0 Å². The van der Waals surface area contributed by atoms with E-state index < -0.39 is 20.2 Å². The van der Waals surface area contributed by atoms with Crippen molar-refractivity contribution in [3.8, 4) is 0 Å². The molecule has 1 atom stereocenters. The van der Waals surface area contributed by atoms with Gasteiger partial charge < -0.3 is 9.67 Å². The average Bonchev–Trinajstić information content (AvgIpc) is 2.11. The molecule has 1 heterocycles. The number of rotatable bonds is 2. The molecular weight excluding hydrogens is 234 g/mol. The maximum Gasteiger partial charge on any atom is 0.330 e. The zero-order valence-electron chi connectivity index (χ0n) is 11.4. The van der Waals surface area contributed by atoms with Crippen molar-refractivity contribution in [1.82, 2.24) is 4.57 Å². The largest absolute Gasteiger partial charge is 0.479 e. The number of amides is 1. The van der Waals surface area contributed by atoms with Gasteiger partial charge in [-0.2, -0.15) is 0 Å². The molecule has 1 aliphatic heterocycles. The van der Waals surface area contributed by atoms with Crippen LogP contribution in [0.15, 0.2) is 11.6 Å².